The van der Waals surface area contributed by atoms with Crippen LogP contribution in [0, 0.1) is 12.8 Å². The Hall–Kier alpha value is -2.37. The molecule has 28 heavy (non-hydrogen) atoms. The Kier molecular flexibility index (Phi) is 7.06. The molecule has 3 amide bonds. The summed E-state index contributed by atoms with van der Waals surface area (Å²) < 4.78 is 0. The Morgan fingerprint density at radius 1 is 1.21 bits per heavy atom. The number of nitrogens with one attached hydrogen (secondary N) is 3. The van der Waals surface area contributed by atoms with Crippen molar-refractivity contribution >= 4 is 17.7 Å². The van der Waals surface area contributed by atoms with Gasteiger partial charge < -0.3 is 16.0 Å². The highest BCUT2D eigenvalue weighted by atomic mass is 16.2. The predicted molar refractivity (Wildman–Crippen MR) is 108 cm³/mol. The molecule has 1 unspecified atom stereocenters. The molecule has 6 nitrogen and oxygen atoms in total. The van der Waals surface area contributed by atoms with Crippen molar-refractivity contribution in [2.75, 3.05) is 6.54 Å². The molecule has 1 saturated carbocycles. The van der Waals surface area contributed by atoms with Gasteiger partial charge in [0.05, 0.1) is 0 Å². The first-order valence-electron chi connectivity index (χ1n) is 10.4. The molecule has 0 bridgehead atoms. The summed E-state index contributed by atoms with van der Waals surface area (Å²) >= 11 is 0. The van der Waals surface area contributed by atoms with Crippen LogP contribution < -0.4 is 16.0 Å². The monoisotopic (exact) mass is 385 g/mol. The van der Waals surface area contributed by atoms with Gasteiger partial charge in [-0.1, -0.05) is 29.8 Å². The zero-order valence-electron chi connectivity index (χ0n) is 16.6. The van der Waals surface area contributed by atoms with Gasteiger partial charge in [0.2, 0.25) is 17.7 Å². The molecule has 0 spiro atoms. The van der Waals surface area contributed by atoms with Crippen LogP contribution in [0.2, 0.25) is 0 Å². The first-order valence-corrected chi connectivity index (χ1v) is 10.4. The van der Waals surface area contributed by atoms with Crippen LogP contribution in [-0.2, 0) is 20.8 Å². The summed E-state index contributed by atoms with van der Waals surface area (Å²) in [6.07, 6.45) is 5.74. The first-order chi connectivity index (χ1) is 13.5. The van der Waals surface area contributed by atoms with Crippen LogP contribution in [0.15, 0.2) is 24.3 Å². The van der Waals surface area contributed by atoms with E-state index in [-0.39, 0.29) is 29.8 Å². The van der Waals surface area contributed by atoms with Gasteiger partial charge in [-0.2, -0.15) is 0 Å². The van der Waals surface area contributed by atoms with Gasteiger partial charge >= 0.3 is 0 Å². The molecule has 3 N–H and O–H groups in total. The molecular weight excluding hydrogens is 354 g/mol. The molecule has 1 aromatic carbocycles. The van der Waals surface area contributed by atoms with E-state index in [4.69, 9.17) is 0 Å². The molecule has 1 aliphatic heterocycles. The van der Waals surface area contributed by atoms with Crippen molar-refractivity contribution in [1.29, 1.82) is 0 Å². The molecule has 1 aliphatic carbocycles. The molecule has 3 rings (SSSR count). The smallest absolute Gasteiger partial charge is 0.222 e. The number of benzene rings is 1. The molecule has 0 aromatic heterocycles. The lowest BCUT2D eigenvalue weighted by Crippen LogP contribution is -2.49. The molecule has 2 aliphatic rings. The maximum absolute atomic E-state index is 12.1. The quantitative estimate of drug-likeness (QED) is 0.640. The fourth-order valence-corrected chi connectivity index (χ4v) is 4.04. The Bertz CT molecular complexity index is 713. The highest BCUT2D eigenvalue weighted by Gasteiger charge is 2.31. The maximum Gasteiger partial charge on any atom is 0.222 e. The van der Waals surface area contributed by atoms with E-state index in [0.717, 1.165) is 32.1 Å². The van der Waals surface area contributed by atoms with Gasteiger partial charge in [-0.25, -0.2) is 0 Å². The minimum absolute atomic E-state index is 0.0119. The second-order valence-electron chi connectivity index (χ2n) is 8.26. The van der Waals surface area contributed by atoms with Crippen molar-refractivity contribution < 1.29 is 14.4 Å². The molecular formula is C22H31N3O3. The van der Waals surface area contributed by atoms with Crippen molar-refractivity contribution in [2.24, 2.45) is 5.92 Å². The minimum atomic E-state index is -0.0233. The number of hydrogen-bond acceptors (Lipinski definition) is 3. The first kappa shape index (κ1) is 20.4. The Morgan fingerprint density at radius 3 is 2.79 bits per heavy atom. The largest absolute Gasteiger partial charge is 0.356 e. The Balaban J connectivity index is 1.25. The van der Waals surface area contributed by atoms with Gasteiger partial charge in [0.1, 0.15) is 0 Å². The fraction of sp³-hybridized carbons (Fsp3) is 0.591. The number of carbonyl (C=O) groups excluding carboxylic acids is 3. The molecule has 152 valence electrons. The summed E-state index contributed by atoms with van der Waals surface area (Å²) in [6, 6.07) is 8.42. The lowest BCUT2D eigenvalue weighted by Gasteiger charge is -2.36. The summed E-state index contributed by atoms with van der Waals surface area (Å²) in [7, 11) is 0. The number of carbonyl (C=O) groups is 3. The third-order valence-corrected chi connectivity index (χ3v) is 5.67. The van der Waals surface area contributed by atoms with E-state index in [1.165, 1.54) is 11.1 Å². The van der Waals surface area contributed by atoms with Crippen molar-refractivity contribution in [2.45, 2.75) is 70.4 Å². The zero-order valence-corrected chi connectivity index (χ0v) is 16.6. The van der Waals surface area contributed by atoms with Crippen molar-refractivity contribution in [3.8, 4) is 0 Å². The van der Waals surface area contributed by atoms with E-state index < -0.39 is 0 Å². The average molecular weight is 386 g/mol. The van der Waals surface area contributed by atoms with E-state index in [9.17, 15) is 14.4 Å². The van der Waals surface area contributed by atoms with Gasteiger partial charge in [-0.15, -0.1) is 0 Å². The standard InChI is InChI=1S/C22H31N3O3/c1-15-4-2-5-16(10-15)8-9-20(26)23-14-17-11-19(12-17)25-22(28)13-18-6-3-7-21(27)24-18/h2,4-5,10,17-19H,3,6-9,11-14H2,1H3,(H,23,26)(H,24,27)(H,25,28). The Labute approximate surface area is 166 Å². The summed E-state index contributed by atoms with van der Waals surface area (Å²) in [4.78, 5) is 35.5. The van der Waals surface area contributed by atoms with Crippen molar-refractivity contribution in [3.05, 3.63) is 35.4 Å². The predicted octanol–water partition coefficient (Wildman–Crippen LogP) is 2.00. The third-order valence-electron chi connectivity index (χ3n) is 5.67. The van der Waals surface area contributed by atoms with Crippen molar-refractivity contribution in [3.63, 3.8) is 0 Å². The van der Waals surface area contributed by atoms with E-state index in [2.05, 4.69) is 41.1 Å². The summed E-state index contributed by atoms with van der Waals surface area (Å²) in [5.41, 5.74) is 2.40. The molecule has 1 atom stereocenters. The molecule has 0 radical (unpaired) electrons. The van der Waals surface area contributed by atoms with Gasteiger partial charge in [-0.3, -0.25) is 14.4 Å². The number of amides is 3. The van der Waals surface area contributed by atoms with E-state index in [1.54, 1.807) is 0 Å². The zero-order chi connectivity index (χ0) is 19.9. The lowest BCUT2D eigenvalue weighted by molar-refractivity contribution is -0.126. The second kappa shape index (κ2) is 9.71. The number of rotatable bonds is 8. The normalized spacial score (nSPS) is 24.0. The van der Waals surface area contributed by atoms with Crippen LogP contribution in [0.5, 0.6) is 0 Å². The molecule has 1 aromatic rings. The fourth-order valence-electron chi connectivity index (χ4n) is 4.04. The number of hydrogen-bond donors (Lipinski definition) is 3. The third kappa shape index (κ3) is 6.36. The molecule has 1 heterocycles. The van der Waals surface area contributed by atoms with Gasteiger partial charge in [0.25, 0.3) is 0 Å². The summed E-state index contributed by atoms with van der Waals surface area (Å²) in [5.74, 6) is 0.577. The van der Waals surface area contributed by atoms with Crippen molar-refractivity contribution in [1.82, 2.24) is 16.0 Å². The van der Waals surface area contributed by atoms with Crippen LogP contribution >= 0.6 is 0 Å². The topological polar surface area (TPSA) is 87.3 Å². The second-order valence-corrected chi connectivity index (χ2v) is 8.26. The van der Waals surface area contributed by atoms with E-state index in [1.807, 2.05) is 6.07 Å². The molecule has 1 saturated heterocycles. The van der Waals surface area contributed by atoms with Crippen LogP contribution in [0.3, 0.4) is 0 Å². The average Bonchev–Trinajstić information content (AvgIpc) is 2.62. The van der Waals surface area contributed by atoms with Crippen LogP contribution in [0.4, 0.5) is 0 Å². The Morgan fingerprint density at radius 2 is 2.04 bits per heavy atom. The minimum Gasteiger partial charge on any atom is -0.356 e. The maximum atomic E-state index is 12.1. The van der Waals surface area contributed by atoms with Crippen LogP contribution in [0.25, 0.3) is 0 Å². The van der Waals surface area contributed by atoms with Crippen LogP contribution in [0.1, 0.15) is 56.1 Å². The molecule has 2 fully saturated rings. The lowest BCUT2D eigenvalue weighted by atomic mass is 9.80. The summed E-state index contributed by atoms with van der Waals surface area (Å²) in [5, 5.41) is 8.94. The van der Waals surface area contributed by atoms with Crippen LogP contribution in [-0.4, -0.2) is 36.3 Å². The van der Waals surface area contributed by atoms with E-state index in [0.29, 0.717) is 31.7 Å². The summed E-state index contributed by atoms with van der Waals surface area (Å²) in [6.45, 7) is 2.73. The number of aryl methyl sites for hydroxylation is 2. The highest BCUT2D eigenvalue weighted by molar-refractivity contribution is 5.80. The van der Waals surface area contributed by atoms with Gasteiger partial charge in [0, 0.05) is 37.9 Å². The SMILES string of the molecule is Cc1cccc(CCC(=O)NCC2CC(NC(=O)CC3CCCC(=O)N3)C2)c1. The highest BCUT2D eigenvalue weighted by Crippen LogP contribution is 2.27. The van der Waals surface area contributed by atoms with Gasteiger partial charge in [-0.05, 0) is 50.5 Å². The van der Waals surface area contributed by atoms with Gasteiger partial charge in [0.15, 0.2) is 0 Å². The number of piperidine rings is 1. The molecule has 6 heteroatoms. The van der Waals surface area contributed by atoms with E-state index >= 15 is 0 Å².